The maximum absolute atomic E-state index is 4.92. The van der Waals surface area contributed by atoms with Gasteiger partial charge in [0.1, 0.15) is 0 Å². The van der Waals surface area contributed by atoms with Crippen molar-refractivity contribution in [1.82, 2.24) is 4.98 Å². The number of aromatic nitrogens is 1. The standard InChI is InChI=1S/C6H9NOS.2C2H6/c1-4-5(2)9-6(7-4)8-3;2*1-2/h1-3H3;2*1-2H3. The van der Waals surface area contributed by atoms with Gasteiger partial charge in [0.2, 0.25) is 0 Å². The molecule has 0 bridgehead atoms. The van der Waals surface area contributed by atoms with Crippen LogP contribution >= 0.6 is 11.3 Å². The van der Waals surface area contributed by atoms with Gasteiger partial charge in [0.15, 0.2) is 0 Å². The molecule has 0 atom stereocenters. The molecule has 3 heteroatoms. The van der Waals surface area contributed by atoms with Gasteiger partial charge in [-0.15, -0.1) is 0 Å². The first kappa shape index (κ1) is 14.9. The second-order valence-electron chi connectivity index (χ2n) is 1.83. The summed E-state index contributed by atoms with van der Waals surface area (Å²) in [4.78, 5) is 5.35. The first-order valence-electron chi connectivity index (χ1n) is 4.72. The molecule has 0 aliphatic heterocycles. The molecule has 0 aliphatic carbocycles. The number of thiazole rings is 1. The zero-order valence-electron chi connectivity index (χ0n) is 9.76. The summed E-state index contributed by atoms with van der Waals surface area (Å²) in [6.07, 6.45) is 0. The fourth-order valence-corrected chi connectivity index (χ4v) is 1.25. The van der Waals surface area contributed by atoms with Crippen LogP contribution in [0.15, 0.2) is 0 Å². The summed E-state index contributed by atoms with van der Waals surface area (Å²) in [5.74, 6) is 0. The summed E-state index contributed by atoms with van der Waals surface area (Å²) in [6.45, 7) is 12.0. The molecule has 0 unspecified atom stereocenters. The average Bonchev–Trinajstić information content (AvgIpc) is 2.53. The van der Waals surface area contributed by atoms with Gasteiger partial charge in [-0.25, -0.2) is 4.98 Å². The van der Waals surface area contributed by atoms with Crippen molar-refractivity contribution in [1.29, 1.82) is 0 Å². The lowest BCUT2D eigenvalue weighted by Gasteiger charge is -1.85. The van der Waals surface area contributed by atoms with Crippen molar-refractivity contribution in [3.05, 3.63) is 10.6 Å². The quantitative estimate of drug-likeness (QED) is 0.692. The fourth-order valence-electron chi connectivity index (χ4n) is 0.531. The maximum atomic E-state index is 4.92. The van der Waals surface area contributed by atoms with E-state index in [1.165, 1.54) is 4.88 Å². The summed E-state index contributed by atoms with van der Waals surface area (Å²) in [7, 11) is 1.64. The molecule has 1 rings (SSSR count). The lowest BCUT2D eigenvalue weighted by molar-refractivity contribution is 0.411. The minimum Gasteiger partial charge on any atom is -0.473 e. The lowest BCUT2D eigenvalue weighted by atomic mass is 10.4. The van der Waals surface area contributed by atoms with Crippen molar-refractivity contribution >= 4 is 11.3 Å². The molecule has 0 N–H and O–H groups in total. The van der Waals surface area contributed by atoms with Crippen LogP contribution in [-0.2, 0) is 0 Å². The van der Waals surface area contributed by atoms with E-state index in [1.807, 2.05) is 41.5 Å². The molecule has 1 aromatic heterocycles. The van der Waals surface area contributed by atoms with Crippen LogP contribution < -0.4 is 4.74 Å². The van der Waals surface area contributed by atoms with E-state index in [1.54, 1.807) is 18.4 Å². The third-order valence-corrected chi connectivity index (χ3v) is 2.22. The Labute approximate surface area is 86.0 Å². The zero-order valence-corrected chi connectivity index (χ0v) is 10.6. The maximum Gasteiger partial charge on any atom is 0.273 e. The van der Waals surface area contributed by atoms with Crippen molar-refractivity contribution in [2.45, 2.75) is 41.5 Å². The van der Waals surface area contributed by atoms with Crippen molar-refractivity contribution < 1.29 is 4.74 Å². The predicted octanol–water partition coefficient (Wildman–Crippen LogP) is 3.82. The topological polar surface area (TPSA) is 22.1 Å². The summed E-state index contributed by atoms with van der Waals surface area (Å²) < 4.78 is 4.92. The van der Waals surface area contributed by atoms with E-state index in [0.29, 0.717) is 0 Å². The average molecular weight is 203 g/mol. The summed E-state index contributed by atoms with van der Waals surface area (Å²) in [5, 5.41) is 0.755. The molecule has 0 fully saturated rings. The Morgan fingerprint density at radius 2 is 1.54 bits per heavy atom. The minimum absolute atomic E-state index is 0.755. The third kappa shape index (κ3) is 5.64. The Hall–Kier alpha value is -0.570. The van der Waals surface area contributed by atoms with Crippen molar-refractivity contribution in [2.24, 2.45) is 0 Å². The van der Waals surface area contributed by atoms with Gasteiger partial charge >= 0.3 is 0 Å². The zero-order chi connectivity index (χ0) is 10.9. The molecule has 0 aliphatic rings. The van der Waals surface area contributed by atoms with Gasteiger partial charge in [-0.05, 0) is 13.8 Å². The Kier molecular flexibility index (Phi) is 10.9. The van der Waals surface area contributed by atoms with E-state index in [9.17, 15) is 0 Å². The number of methoxy groups -OCH3 is 1. The number of rotatable bonds is 1. The van der Waals surface area contributed by atoms with Gasteiger partial charge in [0, 0.05) is 4.88 Å². The molecule has 78 valence electrons. The van der Waals surface area contributed by atoms with Gasteiger partial charge < -0.3 is 4.74 Å². The van der Waals surface area contributed by atoms with Gasteiger partial charge in [-0.1, -0.05) is 39.0 Å². The summed E-state index contributed by atoms with van der Waals surface area (Å²) >= 11 is 1.58. The van der Waals surface area contributed by atoms with E-state index < -0.39 is 0 Å². The SMILES string of the molecule is CC.CC.COc1nc(C)c(C)s1. The number of hydrogen-bond acceptors (Lipinski definition) is 3. The smallest absolute Gasteiger partial charge is 0.273 e. The van der Waals surface area contributed by atoms with Crippen LogP contribution in [0.4, 0.5) is 0 Å². The molecule has 1 heterocycles. The van der Waals surface area contributed by atoms with Crippen molar-refractivity contribution in [3.63, 3.8) is 0 Å². The monoisotopic (exact) mass is 203 g/mol. The van der Waals surface area contributed by atoms with Gasteiger partial charge in [-0.3, -0.25) is 0 Å². The summed E-state index contributed by atoms with van der Waals surface area (Å²) in [5.41, 5.74) is 1.07. The van der Waals surface area contributed by atoms with Gasteiger partial charge in [-0.2, -0.15) is 0 Å². The number of ether oxygens (including phenoxy) is 1. The highest BCUT2D eigenvalue weighted by molar-refractivity contribution is 7.13. The summed E-state index contributed by atoms with van der Waals surface area (Å²) in [6, 6.07) is 0. The molecule has 1 aromatic rings. The van der Waals surface area contributed by atoms with E-state index >= 15 is 0 Å². The normalized spacial score (nSPS) is 7.62. The van der Waals surface area contributed by atoms with E-state index in [-0.39, 0.29) is 0 Å². The van der Waals surface area contributed by atoms with Crippen LogP contribution in [0.3, 0.4) is 0 Å². The second kappa shape index (κ2) is 9.52. The van der Waals surface area contributed by atoms with E-state index in [2.05, 4.69) is 4.98 Å². The molecule has 0 aromatic carbocycles. The molecule has 2 nitrogen and oxygen atoms in total. The molecular formula is C10H21NOS. The molecule has 0 spiro atoms. The Morgan fingerprint density at radius 3 is 1.69 bits per heavy atom. The predicted molar refractivity (Wildman–Crippen MR) is 60.8 cm³/mol. The highest BCUT2D eigenvalue weighted by Crippen LogP contribution is 2.22. The Morgan fingerprint density at radius 1 is 1.08 bits per heavy atom. The van der Waals surface area contributed by atoms with Crippen LogP contribution in [-0.4, -0.2) is 12.1 Å². The molecular weight excluding hydrogens is 182 g/mol. The Balaban J connectivity index is 0. The lowest BCUT2D eigenvalue weighted by Crippen LogP contribution is -1.79. The van der Waals surface area contributed by atoms with Crippen LogP contribution in [0, 0.1) is 13.8 Å². The molecule has 0 amide bonds. The van der Waals surface area contributed by atoms with E-state index in [0.717, 1.165) is 10.9 Å². The third-order valence-electron chi connectivity index (χ3n) is 1.18. The van der Waals surface area contributed by atoms with Crippen molar-refractivity contribution in [2.75, 3.05) is 7.11 Å². The molecule has 0 saturated carbocycles. The Bertz CT molecular complexity index is 189. The van der Waals surface area contributed by atoms with E-state index in [4.69, 9.17) is 4.74 Å². The van der Waals surface area contributed by atoms with Gasteiger partial charge in [0.25, 0.3) is 5.19 Å². The van der Waals surface area contributed by atoms with Crippen LogP contribution in [0.25, 0.3) is 0 Å². The van der Waals surface area contributed by atoms with Crippen molar-refractivity contribution in [3.8, 4) is 5.19 Å². The molecule has 0 radical (unpaired) electrons. The molecule has 13 heavy (non-hydrogen) atoms. The first-order valence-corrected chi connectivity index (χ1v) is 5.53. The van der Waals surface area contributed by atoms with Crippen LogP contribution in [0.1, 0.15) is 38.3 Å². The van der Waals surface area contributed by atoms with Crippen LogP contribution in [0.5, 0.6) is 5.19 Å². The first-order chi connectivity index (χ1) is 6.24. The number of nitrogens with zero attached hydrogens (tertiary/aromatic N) is 1. The molecule has 0 saturated heterocycles. The highest BCUT2D eigenvalue weighted by atomic mass is 32.1. The fraction of sp³-hybridized carbons (Fsp3) is 0.700. The van der Waals surface area contributed by atoms with Gasteiger partial charge in [0.05, 0.1) is 12.8 Å². The second-order valence-corrected chi connectivity index (χ2v) is 2.99. The number of hydrogen-bond donors (Lipinski definition) is 0. The number of aryl methyl sites for hydroxylation is 2. The largest absolute Gasteiger partial charge is 0.473 e. The highest BCUT2D eigenvalue weighted by Gasteiger charge is 2.00. The van der Waals surface area contributed by atoms with Crippen LogP contribution in [0.2, 0.25) is 0 Å². The minimum atomic E-state index is 0.755.